The van der Waals surface area contributed by atoms with Gasteiger partial charge in [0.15, 0.2) is 0 Å². The standard InChI is InChI=1S/C13H18N2O/c1-10-9-15(8-5-13(10)16)11(2)12-3-6-14-7-4-12/h3-4,6-7,10-11H,5,8-9H2,1-2H3. The first-order chi connectivity index (χ1) is 7.68. The van der Waals surface area contributed by atoms with Gasteiger partial charge in [0.25, 0.3) is 0 Å². The second-order valence-corrected chi connectivity index (χ2v) is 4.57. The van der Waals surface area contributed by atoms with E-state index in [0.29, 0.717) is 18.2 Å². The summed E-state index contributed by atoms with van der Waals surface area (Å²) in [7, 11) is 0. The van der Waals surface area contributed by atoms with Crippen molar-refractivity contribution in [3.63, 3.8) is 0 Å². The molecule has 1 aliphatic heterocycles. The number of pyridine rings is 1. The fourth-order valence-electron chi connectivity index (χ4n) is 2.25. The van der Waals surface area contributed by atoms with E-state index in [1.54, 1.807) is 0 Å². The molecule has 1 fully saturated rings. The Kier molecular flexibility index (Phi) is 3.34. The van der Waals surface area contributed by atoms with Crippen LogP contribution in [-0.2, 0) is 4.79 Å². The van der Waals surface area contributed by atoms with Crippen molar-refractivity contribution in [2.45, 2.75) is 26.3 Å². The molecule has 2 unspecified atom stereocenters. The van der Waals surface area contributed by atoms with Crippen LogP contribution in [0.1, 0.15) is 31.9 Å². The topological polar surface area (TPSA) is 33.2 Å². The average molecular weight is 218 g/mol. The highest BCUT2D eigenvalue weighted by molar-refractivity contribution is 5.81. The zero-order chi connectivity index (χ0) is 11.5. The number of piperidine rings is 1. The Balaban J connectivity index is 2.06. The molecule has 2 heterocycles. The van der Waals surface area contributed by atoms with Gasteiger partial charge < -0.3 is 0 Å². The lowest BCUT2D eigenvalue weighted by Gasteiger charge is -2.34. The van der Waals surface area contributed by atoms with E-state index in [-0.39, 0.29) is 5.92 Å². The lowest BCUT2D eigenvalue weighted by atomic mass is 9.96. The van der Waals surface area contributed by atoms with Crippen molar-refractivity contribution in [2.75, 3.05) is 13.1 Å². The molecule has 0 amide bonds. The molecule has 3 nitrogen and oxygen atoms in total. The fourth-order valence-corrected chi connectivity index (χ4v) is 2.25. The Morgan fingerprint density at radius 1 is 1.44 bits per heavy atom. The van der Waals surface area contributed by atoms with Gasteiger partial charge >= 0.3 is 0 Å². The summed E-state index contributed by atoms with van der Waals surface area (Å²) in [6, 6.07) is 4.47. The summed E-state index contributed by atoms with van der Waals surface area (Å²) in [5.74, 6) is 0.580. The van der Waals surface area contributed by atoms with Crippen LogP contribution in [0.4, 0.5) is 0 Å². The predicted molar refractivity (Wildman–Crippen MR) is 63.0 cm³/mol. The summed E-state index contributed by atoms with van der Waals surface area (Å²) < 4.78 is 0. The number of aromatic nitrogens is 1. The van der Waals surface area contributed by atoms with E-state index in [1.165, 1.54) is 5.56 Å². The van der Waals surface area contributed by atoms with Gasteiger partial charge in [-0.1, -0.05) is 6.92 Å². The third-order valence-electron chi connectivity index (χ3n) is 3.44. The quantitative estimate of drug-likeness (QED) is 0.761. The van der Waals surface area contributed by atoms with E-state index in [4.69, 9.17) is 0 Å². The van der Waals surface area contributed by atoms with Crippen molar-refractivity contribution in [1.82, 2.24) is 9.88 Å². The van der Waals surface area contributed by atoms with Crippen molar-refractivity contribution >= 4 is 5.78 Å². The molecule has 0 N–H and O–H groups in total. The van der Waals surface area contributed by atoms with Crippen LogP contribution >= 0.6 is 0 Å². The second-order valence-electron chi connectivity index (χ2n) is 4.57. The van der Waals surface area contributed by atoms with E-state index in [9.17, 15) is 4.79 Å². The molecule has 0 radical (unpaired) electrons. The number of carbonyl (C=O) groups excluding carboxylic acids is 1. The largest absolute Gasteiger partial charge is 0.299 e. The molecule has 0 aliphatic carbocycles. The van der Waals surface area contributed by atoms with Crippen LogP contribution < -0.4 is 0 Å². The Hall–Kier alpha value is -1.22. The van der Waals surface area contributed by atoms with E-state index >= 15 is 0 Å². The monoisotopic (exact) mass is 218 g/mol. The van der Waals surface area contributed by atoms with Gasteiger partial charge in [0, 0.05) is 43.9 Å². The van der Waals surface area contributed by atoms with E-state index in [0.717, 1.165) is 13.1 Å². The first kappa shape index (κ1) is 11.3. The van der Waals surface area contributed by atoms with E-state index < -0.39 is 0 Å². The molecular weight excluding hydrogens is 200 g/mol. The lowest BCUT2D eigenvalue weighted by Crippen LogP contribution is -2.40. The van der Waals surface area contributed by atoms with Crippen LogP contribution in [0.3, 0.4) is 0 Å². The maximum absolute atomic E-state index is 11.5. The Bertz CT molecular complexity index is 363. The summed E-state index contributed by atoms with van der Waals surface area (Å²) >= 11 is 0. The van der Waals surface area contributed by atoms with Crippen LogP contribution in [0.2, 0.25) is 0 Å². The number of hydrogen-bond acceptors (Lipinski definition) is 3. The highest BCUT2D eigenvalue weighted by Crippen LogP contribution is 2.24. The zero-order valence-corrected chi connectivity index (χ0v) is 9.89. The Morgan fingerprint density at radius 3 is 2.75 bits per heavy atom. The number of carbonyl (C=O) groups is 1. The van der Waals surface area contributed by atoms with Crippen LogP contribution in [-0.4, -0.2) is 28.8 Å². The number of hydrogen-bond donors (Lipinski definition) is 0. The molecular formula is C13H18N2O. The molecule has 0 bridgehead atoms. The minimum absolute atomic E-state index is 0.179. The van der Waals surface area contributed by atoms with Crippen LogP contribution in [0.25, 0.3) is 0 Å². The normalized spacial score (nSPS) is 24.4. The molecule has 0 saturated carbocycles. The summed E-state index contributed by atoms with van der Waals surface area (Å²) in [6.45, 7) is 5.97. The number of likely N-dealkylation sites (tertiary alicyclic amines) is 1. The van der Waals surface area contributed by atoms with Crippen molar-refractivity contribution in [2.24, 2.45) is 5.92 Å². The predicted octanol–water partition coefficient (Wildman–Crippen LogP) is 2.05. The van der Waals surface area contributed by atoms with E-state index in [2.05, 4.69) is 16.8 Å². The molecule has 0 spiro atoms. The molecule has 2 atom stereocenters. The molecule has 2 rings (SSSR count). The number of nitrogens with zero attached hydrogens (tertiary/aromatic N) is 2. The molecule has 1 aromatic rings. The van der Waals surface area contributed by atoms with Crippen LogP contribution in [0, 0.1) is 5.92 Å². The van der Waals surface area contributed by atoms with Crippen molar-refractivity contribution in [3.05, 3.63) is 30.1 Å². The minimum Gasteiger partial charge on any atom is -0.299 e. The lowest BCUT2D eigenvalue weighted by molar-refractivity contribution is -0.126. The van der Waals surface area contributed by atoms with Crippen LogP contribution in [0.15, 0.2) is 24.5 Å². The van der Waals surface area contributed by atoms with Gasteiger partial charge in [-0.2, -0.15) is 0 Å². The smallest absolute Gasteiger partial charge is 0.138 e. The summed E-state index contributed by atoms with van der Waals surface area (Å²) in [4.78, 5) is 17.9. The fraction of sp³-hybridized carbons (Fsp3) is 0.538. The average Bonchev–Trinajstić information content (AvgIpc) is 2.33. The molecule has 3 heteroatoms. The molecule has 86 valence electrons. The van der Waals surface area contributed by atoms with Crippen molar-refractivity contribution in [1.29, 1.82) is 0 Å². The van der Waals surface area contributed by atoms with Crippen molar-refractivity contribution < 1.29 is 4.79 Å². The third kappa shape index (κ3) is 2.30. The Labute approximate surface area is 96.5 Å². The zero-order valence-electron chi connectivity index (χ0n) is 9.89. The molecule has 1 aliphatic rings. The highest BCUT2D eigenvalue weighted by Gasteiger charge is 2.26. The third-order valence-corrected chi connectivity index (χ3v) is 3.44. The second kappa shape index (κ2) is 4.74. The summed E-state index contributed by atoms with van der Waals surface area (Å²) in [5, 5.41) is 0. The SMILES string of the molecule is CC1CN(C(C)c2ccncc2)CCC1=O. The van der Waals surface area contributed by atoms with Gasteiger partial charge in [-0.15, -0.1) is 0 Å². The van der Waals surface area contributed by atoms with Crippen molar-refractivity contribution in [3.8, 4) is 0 Å². The maximum Gasteiger partial charge on any atom is 0.138 e. The first-order valence-corrected chi connectivity index (χ1v) is 5.85. The first-order valence-electron chi connectivity index (χ1n) is 5.85. The molecule has 1 aromatic heterocycles. The van der Waals surface area contributed by atoms with Gasteiger partial charge in [0.2, 0.25) is 0 Å². The summed E-state index contributed by atoms with van der Waals surface area (Å²) in [6.07, 6.45) is 4.34. The number of rotatable bonds is 2. The minimum atomic E-state index is 0.179. The molecule has 0 aromatic carbocycles. The summed E-state index contributed by atoms with van der Waals surface area (Å²) in [5.41, 5.74) is 1.27. The maximum atomic E-state index is 11.5. The van der Waals surface area contributed by atoms with E-state index in [1.807, 2.05) is 31.5 Å². The van der Waals surface area contributed by atoms with Gasteiger partial charge in [0.05, 0.1) is 0 Å². The molecule has 16 heavy (non-hydrogen) atoms. The highest BCUT2D eigenvalue weighted by atomic mass is 16.1. The van der Waals surface area contributed by atoms with Gasteiger partial charge in [0.1, 0.15) is 5.78 Å². The van der Waals surface area contributed by atoms with Gasteiger partial charge in [-0.3, -0.25) is 14.7 Å². The Morgan fingerprint density at radius 2 is 2.12 bits per heavy atom. The van der Waals surface area contributed by atoms with Gasteiger partial charge in [-0.25, -0.2) is 0 Å². The van der Waals surface area contributed by atoms with Crippen LogP contribution in [0.5, 0.6) is 0 Å². The number of Topliss-reactive ketones (excluding diaryl/α,β-unsaturated/α-hetero) is 1. The van der Waals surface area contributed by atoms with Gasteiger partial charge in [-0.05, 0) is 24.6 Å². The number of ketones is 1. The molecule has 1 saturated heterocycles.